The number of hydrogen-bond donors (Lipinski definition) is 2. The number of imidazole rings is 1. The lowest BCUT2D eigenvalue weighted by atomic mass is 9.90. The van der Waals surface area contributed by atoms with Crippen molar-refractivity contribution in [2.75, 3.05) is 24.7 Å². The highest BCUT2D eigenvalue weighted by atomic mass is 15.3. The molecule has 0 unspecified atom stereocenters. The van der Waals surface area contributed by atoms with E-state index in [-0.39, 0.29) is 0 Å². The summed E-state index contributed by atoms with van der Waals surface area (Å²) in [4.78, 5) is 6.77. The van der Waals surface area contributed by atoms with E-state index < -0.39 is 0 Å². The summed E-state index contributed by atoms with van der Waals surface area (Å²) in [5.41, 5.74) is 2.01. The van der Waals surface area contributed by atoms with E-state index in [1.54, 1.807) is 0 Å². The number of nitrogens with one attached hydrogen (secondary N) is 2. The van der Waals surface area contributed by atoms with E-state index >= 15 is 0 Å². The molecule has 2 aromatic heterocycles. The molecular weight excluding hydrogens is 288 g/mol. The third kappa shape index (κ3) is 3.27. The van der Waals surface area contributed by atoms with Gasteiger partial charge in [-0.2, -0.15) is 0 Å². The Labute approximate surface area is 137 Å². The number of nitrogens with zero attached hydrogens (tertiary/aromatic N) is 4. The van der Waals surface area contributed by atoms with E-state index in [4.69, 9.17) is 0 Å². The SMILES string of the molecule is CN(C)C1CCC(Nc2cc(NC3CC3)c3nccn3n2)CC1. The van der Waals surface area contributed by atoms with Gasteiger partial charge in [0.15, 0.2) is 5.65 Å². The number of anilines is 2. The molecule has 2 saturated carbocycles. The van der Waals surface area contributed by atoms with Gasteiger partial charge < -0.3 is 15.5 Å². The summed E-state index contributed by atoms with van der Waals surface area (Å²) < 4.78 is 1.87. The molecule has 4 rings (SSSR count). The molecule has 2 aromatic rings. The van der Waals surface area contributed by atoms with Crippen LogP contribution in [0.2, 0.25) is 0 Å². The lowest BCUT2D eigenvalue weighted by Gasteiger charge is -2.33. The van der Waals surface area contributed by atoms with Crippen molar-refractivity contribution in [3.05, 3.63) is 18.5 Å². The summed E-state index contributed by atoms with van der Waals surface area (Å²) in [6, 6.07) is 3.98. The Morgan fingerprint density at radius 1 is 1.04 bits per heavy atom. The van der Waals surface area contributed by atoms with E-state index in [0.29, 0.717) is 12.1 Å². The maximum atomic E-state index is 4.66. The summed E-state index contributed by atoms with van der Waals surface area (Å²) in [6.45, 7) is 0. The van der Waals surface area contributed by atoms with Crippen molar-refractivity contribution in [3.8, 4) is 0 Å². The summed E-state index contributed by atoms with van der Waals surface area (Å²) in [5.74, 6) is 0.951. The van der Waals surface area contributed by atoms with Crippen molar-refractivity contribution in [2.24, 2.45) is 0 Å². The summed E-state index contributed by atoms with van der Waals surface area (Å²) in [7, 11) is 4.37. The van der Waals surface area contributed by atoms with E-state index in [1.165, 1.54) is 38.5 Å². The highest BCUT2D eigenvalue weighted by Crippen LogP contribution is 2.29. The van der Waals surface area contributed by atoms with Gasteiger partial charge in [-0.15, -0.1) is 5.10 Å². The second-order valence-electron chi connectivity index (χ2n) is 7.17. The van der Waals surface area contributed by atoms with Crippen LogP contribution < -0.4 is 10.6 Å². The van der Waals surface area contributed by atoms with Crippen LogP contribution in [0.4, 0.5) is 11.5 Å². The molecule has 0 aromatic carbocycles. The summed E-state index contributed by atoms with van der Waals surface area (Å²) >= 11 is 0. The lowest BCUT2D eigenvalue weighted by molar-refractivity contribution is 0.221. The fraction of sp³-hybridized carbons (Fsp3) is 0.647. The van der Waals surface area contributed by atoms with Gasteiger partial charge in [-0.1, -0.05) is 0 Å². The maximum Gasteiger partial charge on any atom is 0.177 e. The van der Waals surface area contributed by atoms with Crippen molar-refractivity contribution in [1.29, 1.82) is 0 Å². The van der Waals surface area contributed by atoms with Gasteiger partial charge in [0.25, 0.3) is 0 Å². The Morgan fingerprint density at radius 3 is 2.43 bits per heavy atom. The predicted octanol–water partition coefficient (Wildman–Crippen LogP) is 2.59. The summed E-state index contributed by atoms with van der Waals surface area (Å²) in [6.07, 6.45) is 11.2. The first kappa shape index (κ1) is 14.8. The van der Waals surface area contributed by atoms with E-state index in [2.05, 4.69) is 45.8 Å². The fourth-order valence-corrected chi connectivity index (χ4v) is 3.49. The molecule has 2 aliphatic rings. The van der Waals surface area contributed by atoms with Gasteiger partial charge in [0.1, 0.15) is 5.82 Å². The van der Waals surface area contributed by atoms with Crippen LogP contribution in [-0.2, 0) is 0 Å². The largest absolute Gasteiger partial charge is 0.379 e. The highest BCUT2D eigenvalue weighted by Gasteiger charge is 2.24. The highest BCUT2D eigenvalue weighted by molar-refractivity contribution is 5.71. The standard InChI is InChI=1S/C17H26N6/c1-22(2)14-7-5-13(6-8-14)20-16-11-15(19-12-3-4-12)17-18-9-10-23(17)21-16/h9-14,19H,3-8H2,1-2H3,(H,20,21). The van der Waals surface area contributed by atoms with Crippen molar-refractivity contribution >= 4 is 17.2 Å². The molecule has 0 aliphatic heterocycles. The molecule has 0 saturated heterocycles. The first-order valence-electron chi connectivity index (χ1n) is 8.73. The minimum atomic E-state index is 0.522. The summed E-state index contributed by atoms with van der Waals surface area (Å²) in [5, 5.41) is 11.9. The zero-order chi connectivity index (χ0) is 15.8. The van der Waals surface area contributed by atoms with Crippen LogP contribution in [0.3, 0.4) is 0 Å². The van der Waals surface area contributed by atoms with Gasteiger partial charge in [0.2, 0.25) is 0 Å². The normalized spacial score (nSPS) is 25.0. The number of hydrogen-bond acceptors (Lipinski definition) is 5. The van der Waals surface area contributed by atoms with Gasteiger partial charge in [0.05, 0.1) is 5.69 Å². The number of fused-ring (bicyclic) bond motifs is 1. The Kier molecular flexibility index (Phi) is 3.85. The van der Waals surface area contributed by atoms with Crippen LogP contribution in [-0.4, -0.2) is 51.7 Å². The maximum absolute atomic E-state index is 4.66. The third-order valence-corrected chi connectivity index (χ3v) is 5.08. The Balaban J connectivity index is 1.48. The van der Waals surface area contributed by atoms with Gasteiger partial charge in [-0.3, -0.25) is 0 Å². The zero-order valence-electron chi connectivity index (χ0n) is 14.0. The first-order chi connectivity index (χ1) is 11.2. The van der Waals surface area contributed by atoms with E-state index in [1.807, 2.05) is 16.9 Å². The van der Waals surface area contributed by atoms with Crippen molar-refractivity contribution in [1.82, 2.24) is 19.5 Å². The van der Waals surface area contributed by atoms with Crippen LogP contribution in [0.1, 0.15) is 38.5 Å². The zero-order valence-corrected chi connectivity index (χ0v) is 14.0. The van der Waals surface area contributed by atoms with Gasteiger partial charge >= 0.3 is 0 Å². The van der Waals surface area contributed by atoms with E-state index in [0.717, 1.165) is 23.2 Å². The molecule has 2 heterocycles. The third-order valence-electron chi connectivity index (χ3n) is 5.08. The Morgan fingerprint density at radius 2 is 1.74 bits per heavy atom. The second kappa shape index (κ2) is 6.00. The topological polar surface area (TPSA) is 57.5 Å². The predicted molar refractivity (Wildman–Crippen MR) is 93.0 cm³/mol. The van der Waals surface area contributed by atoms with Crippen molar-refractivity contribution in [3.63, 3.8) is 0 Å². The number of aromatic nitrogens is 3. The van der Waals surface area contributed by atoms with Gasteiger partial charge in [0, 0.05) is 36.6 Å². The minimum absolute atomic E-state index is 0.522. The van der Waals surface area contributed by atoms with Crippen molar-refractivity contribution in [2.45, 2.75) is 56.7 Å². The molecule has 0 radical (unpaired) electrons. The second-order valence-corrected chi connectivity index (χ2v) is 7.17. The molecular formula is C17H26N6. The quantitative estimate of drug-likeness (QED) is 0.888. The molecule has 0 atom stereocenters. The lowest BCUT2D eigenvalue weighted by Crippen LogP contribution is -2.36. The smallest absolute Gasteiger partial charge is 0.177 e. The Bertz CT molecular complexity index is 667. The van der Waals surface area contributed by atoms with Crippen LogP contribution in [0.25, 0.3) is 5.65 Å². The average molecular weight is 314 g/mol. The molecule has 0 spiro atoms. The molecule has 2 fully saturated rings. The minimum Gasteiger partial charge on any atom is -0.379 e. The fourth-order valence-electron chi connectivity index (χ4n) is 3.49. The molecule has 2 N–H and O–H groups in total. The molecule has 2 aliphatic carbocycles. The molecule has 124 valence electrons. The van der Waals surface area contributed by atoms with E-state index in [9.17, 15) is 0 Å². The van der Waals surface area contributed by atoms with Gasteiger partial charge in [-0.25, -0.2) is 9.50 Å². The van der Waals surface area contributed by atoms with Crippen molar-refractivity contribution < 1.29 is 0 Å². The van der Waals surface area contributed by atoms with Crippen LogP contribution >= 0.6 is 0 Å². The average Bonchev–Trinajstić information content (AvgIpc) is 3.22. The molecule has 0 amide bonds. The van der Waals surface area contributed by atoms with Crippen LogP contribution in [0.5, 0.6) is 0 Å². The molecule has 6 heteroatoms. The number of rotatable bonds is 5. The molecule has 23 heavy (non-hydrogen) atoms. The monoisotopic (exact) mass is 314 g/mol. The van der Waals surface area contributed by atoms with Crippen LogP contribution in [0, 0.1) is 0 Å². The van der Waals surface area contributed by atoms with Crippen LogP contribution in [0.15, 0.2) is 18.5 Å². The molecule has 0 bridgehead atoms. The Hall–Kier alpha value is -1.82. The van der Waals surface area contributed by atoms with Gasteiger partial charge in [-0.05, 0) is 52.6 Å². The molecule has 6 nitrogen and oxygen atoms in total. The first-order valence-corrected chi connectivity index (χ1v) is 8.73.